The van der Waals surface area contributed by atoms with Gasteiger partial charge in [0, 0.05) is 11.8 Å². The van der Waals surface area contributed by atoms with Crippen molar-refractivity contribution in [1.29, 1.82) is 0 Å². The highest BCUT2D eigenvalue weighted by molar-refractivity contribution is 7.99. The van der Waals surface area contributed by atoms with Crippen LogP contribution in [-0.2, 0) is 0 Å². The molecule has 2 N–H and O–H groups in total. The molecule has 1 amide bonds. The van der Waals surface area contributed by atoms with Crippen LogP contribution in [0.5, 0.6) is 0 Å². The van der Waals surface area contributed by atoms with Gasteiger partial charge in [-0.2, -0.15) is 11.8 Å². The highest BCUT2D eigenvalue weighted by Crippen LogP contribution is 2.11. The Hall–Kier alpha value is -1.56. The van der Waals surface area contributed by atoms with Crippen LogP contribution in [-0.4, -0.2) is 35.0 Å². The smallest absolute Gasteiger partial charge is 0.335 e. The Morgan fingerprint density at radius 3 is 2.67 bits per heavy atom. The van der Waals surface area contributed by atoms with Crippen molar-refractivity contribution < 1.29 is 19.1 Å². The normalized spacial score (nSPS) is 11.9. The summed E-state index contributed by atoms with van der Waals surface area (Å²) < 4.78 is 13.5. The van der Waals surface area contributed by atoms with E-state index in [9.17, 15) is 14.0 Å². The molecule has 6 heteroatoms. The zero-order valence-corrected chi connectivity index (χ0v) is 10.9. The van der Waals surface area contributed by atoms with E-state index in [0.717, 1.165) is 6.07 Å². The molecule has 0 fully saturated rings. The Kier molecular flexibility index (Phi) is 5.15. The zero-order valence-electron chi connectivity index (χ0n) is 10.1. The molecule has 1 unspecified atom stereocenters. The Morgan fingerprint density at radius 2 is 2.17 bits per heavy atom. The molecule has 0 bridgehead atoms. The number of nitrogens with one attached hydrogen (secondary N) is 1. The largest absolute Gasteiger partial charge is 0.478 e. The fourth-order valence-electron chi connectivity index (χ4n) is 1.25. The van der Waals surface area contributed by atoms with Crippen molar-refractivity contribution >= 4 is 23.6 Å². The monoisotopic (exact) mass is 271 g/mol. The number of carboxylic acids is 1. The van der Waals surface area contributed by atoms with Crippen LogP contribution in [0.25, 0.3) is 0 Å². The van der Waals surface area contributed by atoms with Gasteiger partial charge in [0.25, 0.3) is 5.91 Å². The van der Waals surface area contributed by atoms with E-state index in [1.165, 1.54) is 12.1 Å². The first-order chi connectivity index (χ1) is 8.45. The quantitative estimate of drug-likeness (QED) is 0.859. The van der Waals surface area contributed by atoms with Crippen LogP contribution in [0.4, 0.5) is 4.39 Å². The third-order valence-electron chi connectivity index (χ3n) is 2.41. The SMILES string of the molecule is CSC(C)CNC(=O)c1ccc(C(=O)O)cc1F. The van der Waals surface area contributed by atoms with Crippen LogP contribution >= 0.6 is 11.8 Å². The van der Waals surface area contributed by atoms with Crippen molar-refractivity contribution in [1.82, 2.24) is 5.32 Å². The molecular weight excluding hydrogens is 257 g/mol. The number of thioether (sulfide) groups is 1. The second kappa shape index (κ2) is 6.39. The number of amides is 1. The molecule has 4 nitrogen and oxygen atoms in total. The first-order valence-electron chi connectivity index (χ1n) is 5.29. The third kappa shape index (κ3) is 3.73. The summed E-state index contributed by atoms with van der Waals surface area (Å²) in [4.78, 5) is 22.3. The van der Waals surface area contributed by atoms with Crippen LogP contribution in [0.2, 0.25) is 0 Å². The second-order valence-electron chi connectivity index (χ2n) is 3.76. The van der Waals surface area contributed by atoms with Crippen LogP contribution in [0.15, 0.2) is 18.2 Å². The molecule has 0 saturated heterocycles. The molecule has 0 saturated carbocycles. The number of rotatable bonds is 5. The summed E-state index contributed by atoms with van der Waals surface area (Å²) in [6, 6.07) is 3.23. The average Bonchev–Trinajstić information content (AvgIpc) is 2.35. The van der Waals surface area contributed by atoms with Crippen molar-refractivity contribution in [2.75, 3.05) is 12.8 Å². The summed E-state index contributed by atoms with van der Waals surface area (Å²) >= 11 is 1.59. The Labute approximate surface area is 109 Å². The van der Waals surface area contributed by atoms with Gasteiger partial charge in [0.05, 0.1) is 11.1 Å². The highest BCUT2D eigenvalue weighted by Gasteiger charge is 2.14. The maximum atomic E-state index is 13.5. The molecule has 0 heterocycles. The second-order valence-corrected chi connectivity index (χ2v) is 5.03. The summed E-state index contributed by atoms with van der Waals surface area (Å²) in [5.74, 6) is -2.59. The number of hydrogen-bond acceptors (Lipinski definition) is 3. The molecule has 0 radical (unpaired) electrons. The lowest BCUT2D eigenvalue weighted by Gasteiger charge is -2.10. The van der Waals surface area contributed by atoms with Crippen LogP contribution < -0.4 is 5.32 Å². The molecule has 0 spiro atoms. The van der Waals surface area contributed by atoms with Crippen molar-refractivity contribution in [3.63, 3.8) is 0 Å². The van der Waals surface area contributed by atoms with Gasteiger partial charge in [-0.25, -0.2) is 9.18 Å². The van der Waals surface area contributed by atoms with E-state index in [-0.39, 0.29) is 16.4 Å². The molecule has 1 rings (SSSR count). The number of carbonyl (C=O) groups is 2. The molecule has 0 aromatic heterocycles. The predicted octanol–water partition coefficient (Wildman–Crippen LogP) is 2.01. The lowest BCUT2D eigenvalue weighted by atomic mass is 10.1. The molecule has 0 aliphatic carbocycles. The molecule has 1 atom stereocenters. The fourth-order valence-corrected chi connectivity index (χ4v) is 1.50. The number of halogens is 1. The molecule has 0 aliphatic rings. The molecule has 18 heavy (non-hydrogen) atoms. The van der Waals surface area contributed by atoms with Gasteiger partial charge in [0.1, 0.15) is 5.82 Å². The van der Waals surface area contributed by atoms with Crippen LogP contribution in [0.1, 0.15) is 27.6 Å². The van der Waals surface area contributed by atoms with E-state index in [1.807, 2.05) is 13.2 Å². The van der Waals surface area contributed by atoms with E-state index in [4.69, 9.17) is 5.11 Å². The maximum absolute atomic E-state index is 13.5. The van der Waals surface area contributed by atoms with Gasteiger partial charge < -0.3 is 10.4 Å². The lowest BCUT2D eigenvalue weighted by molar-refractivity contribution is 0.0695. The zero-order chi connectivity index (χ0) is 13.7. The van der Waals surface area contributed by atoms with E-state index in [0.29, 0.717) is 6.54 Å². The van der Waals surface area contributed by atoms with Crippen molar-refractivity contribution in [3.05, 3.63) is 35.1 Å². The van der Waals surface area contributed by atoms with Crippen LogP contribution in [0, 0.1) is 5.82 Å². The van der Waals surface area contributed by atoms with Gasteiger partial charge in [-0.3, -0.25) is 4.79 Å². The number of carbonyl (C=O) groups excluding carboxylic acids is 1. The summed E-state index contributed by atoms with van der Waals surface area (Å²) in [5, 5.41) is 11.5. The van der Waals surface area contributed by atoms with Gasteiger partial charge in [0.15, 0.2) is 0 Å². The minimum atomic E-state index is -1.23. The number of benzene rings is 1. The van der Waals surface area contributed by atoms with Crippen molar-refractivity contribution in [2.45, 2.75) is 12.2 Å². The minimum Gasteiger partial charge on any atom is -0.478 e. The average molecular weight is 271 g/mol. The number of carboxylic acid groups (broad SMARTS) is 1. The highest BCUT2D eigenvalue weighted by atomic mass is 32.2. The standard InChI is InChI=1S/C12H14FNO3S/c1-7(18-2)6-14-11(15)9-4-3-8(12(16)17)5-10(9)13/h3-5,7H,6H2,1-2H3,(H,14,15)(H,16,17). The first kappa shape index (κ1) is 14.5. The number of aromatic carboxylic acids is 1. The van der Waals surface area contributed by atoms with Gasteiger partial charge in [-0.15, -0.1) is 0 Å². The van der Waals surface area contributed by atoms with E-state index in [1.54, 1.807) is 11.8 Å². The van der Waals surface area contributed by atoms with E-state index < -0.39 is 17.7 Å². The fraction of sp³-hybridized carbons (Fsp3) is 0.333. The summed E-state index contributed by atoms with van der Waals surface area (Å²) in [7, 11) is 0. The Bertz CT molecular complexity index is 465. The summed E-state index contributed by atoms with van der Waals surface area (Å²) in [5.41, 5.74) is -0.324. The van der Waals surface area contributed by atoms with Gasteiger partial charge in [0.2, 0.25) is 0 Å². The molecule has 1 aromatic rings. The van der Waals surface area contributed by atoms with Gasteiger partial charge in [-0.05, 0) is 24.5 Å². The van der Waals surface area contributed by atoms with Crippen LogP contribution in [0.3, 0.4) is 0 Å². The summed E-state index contributed by atoms with van der Waals surface area (Å²) in [6.45, 7) is 2.37. The van der Waals surface area contributed by atoms with Crippen molar-refractivity contribution in [2.24, 2.45) is 0 Å². The minimum absolute atomic E-state index is 0.145. The Morgan fingerprint density at radius 1 is 1.50 bits per heavy atom. The Balaban J connectivity index is 2.78. The lowest BCUT2D eigenvalue weighted by Crippen LogP contribution is -2.30. The molecule has 0 aliphatic heterocycles. The van der Waals surface area contributed by atoms with Gasteiger partial charge in [-0.1, -0.05) is 6.92 Å². The maximum Gasteiger partial charge on any atom is 0.335 e. The van der Waals surface area contributed by atoms with E-state index in [2.05, 4.69) is 5.32 Å². The summed E-state index contributed by atoms with van der Waals surface area (Å²) in [6.07, 6.45) is 1.92. The van der Waals surface area contributed by atoms with E-state index >= 15 is 0 Å². The van der Waals surface area contributed by atoms with Gasteiger partial charge >= 0.3 is 5.97 Å². The third-order valence-corrected chi connectivity index (χ3v) is 3.38. The van der Waals surface area contributed by atoms with Crippen molar-refractivity contribution in [3.8, 4) is 0 Å². The molecule has 1 aromatic carbocycles. The topological polar surface area (TPSA) is 66.4 Å². The predicted molar refractivity (Wildman–Crippen MR) is 68.7 cm³/mol. The first-order valence-corrected chi connectivity index (χ1v) is 6.58. The number of hydrogen-bond donors (Lipinski definition) is 2. The molecular formula is C12H14FNO3S. The molecule has 98 valence electrons.